The monoisotopic (exact) mass is 372 g/mol. The Hall–Kier alpha value is -2.14. The Labute approximate surface area is 160 Å². The molecule has 3 rings (SSSR count). The van der Waals surface area contributed by atoms with Crippen molar-refractivity contribution in [3.63, 3.8) is 0 Å². The van der Waals surface area contributed by atoms with Gasteiger partial charge in [-0.2, -0.15) is 0 Å². The highest BCUT2D eigenvalue weighted by Gasteiger charge is 2.26. The first-order valence-electron chi connectivity index (χ1n) is 9.01. The van der Waals surface area contributed by atoms with Crippen LogP contribution in [0.4, 0.5) is 5.82 Å². The molecule has 0 spiro atoms. The summed E-state index contributed by atoms with van der Waals surface area (Å²) in [7, 11) is 0. The number of alkyl halides is 1. The van der Waals surface area contributed by atoms with Crippen LogP contribution in [0.2, 0.25) is 0 Å². The Bertz CT molecular complexity index is 771. The molecule has 0 bridgehead atoms. The predicted octanol–water partition coefficient (Wildman–Crippen LogP) is 2.96. The molecule has 1 unspecified atom stereocenters. The van der Waals surface area contributed by atoms with Gasteiger partial charge in [-0.3, -0.25) is 4.79 Å². The quantitative estimate of drug-likeness (QED) is 0.774. The molecule has 0 saturated carbocycles. The fourth-order valence-corrected chi connectivity index (χ4v) is 3.51. The highest BCUT2D eigenvalue weighted by molar-refractivity contribution is 6.30. The lowest BCUT2D eigenvalue weighted by atomic mass is 10.0. The first-order chi connectivity index (χ1) is 12.5. The summed E-state index contributed by atoms with van der Waals surface area (Å²) in [4.78, 5) is 25.5. The number of aromatic nitrogens is 2. The van der Waals surface area contributed by atoms with Crippen LogP contribution in [0.1, 0.15) is 29.6 Å². The molecule has 2 heterocycles. The molecule has 1 amide bonds. The molecule has 1 atom stereocenters. The number of carbonyl (C=O) groups excluding carboxylic acids is 1. The van der Waals surface area contributed by atoms with Gasteiger partial charge in [0.05, 0.1) is 0 Å². The van der Waals surface area contributed by atoms with Gasteiger partial charge in [0.15, 0.2) is 0 Å². The molecule has 26 heavy (non-hydrogen) atoms. The maximum Gasteiger partial charge on any atom is 0.240 e. The molecule has 1 fully saturated rings. The normalized spacial score (nSPS) is 15.8. The van der Waals surface area contributed by atoms with Crippen LogP contribution in [0.25, 0.3) is 0 Å². The Balaban J connectivity index is 1.82. The Morgan fingerprint density at radius 3 is 2.38 bits per heavy atom. The van der Waals surface area contributed by atoms with E-state index < -0.39 is 5.38 Å². The molecule has 1 aromatic carbocycles. The van der Waals surface area contributed by atoms with Gasteiger partial charge in [-0.25, -0.2) is 9.97 Å². The first kappa shape index (κ1) is 18.6. The molecule has 1 aliphatic heterocycles. The molecular formula is C20H25ClN4O. The van der Waals surface area contributed by atoms with Gasteiger partial charge in [-0.05, 0) is 26.3 Å². The number of nitrogens with zero attached hydrogens (tertiary/aromatic N) is 4. The number of benzene rings is 1. The van der Waals surface area contributed by atoms with Crippen LogP contribution in [0.3, 0.4) is 0 Å². The number of carbonyl (C=O) groups is 1. The number of rotatable bonds is 4. The van der Waals surface area contributed by atoms with Gasteiger partial charge in [0.2, 0.25) is 5.91 Å². The van der Waals surface area contributed by atoms with Crippen LogP contribution in [-0.4, -0.2) is 52.3 Å². The Morgan fingerprint density at radius 2 is 1.77 bits per heavy atom. The lowest BCUT2D eigenvalue weighted by Gasteiger charge is -2.37. The zero-order valence-electron chi connectivity index (χ0n) is 15.6. The fraction of sp³-hybridized carbons (Fsp3) is 0.450. The molecule has 1 aliphatic rings. The van der Waals surface area contributed by atoms with Gasteiger partial charge in [0.25, 0.3) is 0 Å². The number of hydrogen-bond donors (Lipinski definition) is 0. The standard InChI is InChI=1S/C20H25ClN4O/c1-14(21)20(26)25-11-9-24(10-12-25)19-18(15(2)22-16(3)23-19)13-17-7-5-4-6-8-17/h4-8,14H,9-13H2,1-3H3. The molecule has 5 nitrogen and oxygen atoms in total. The summed E-state index contributed by atoms with van der Waals surface area (Å²) in [5, 5.41) is -0.473. The number of hydrogen-bond acceptors (Lipinski definition) is 4. The summed E-state index contributed by atoms with van der Waals surface area (Å²) in [5.41, 5.74) is 3.42. The minimum atomic E-state index is -0.473. The van der Waals surface area contributed by atoms with E-state index in [1.54, 1.807) is 6.92 Å². The van der Waals surface area contributed by atoms with Crippen molar-refractivity contribution in [1.29, 1.82) is 0 Å². The Kier molecular flexibility index (Phi) is 5.77. The number of amides is 1. The van der Waals surface area contributed by atoms with Crippen LogP contribution in [0, 0.1) is 13.8 Å². The third-order valence-electron chi connectivity index (χ3n) is 4.76. The average molecular weight is 373 g/mol. The summed E-state index contributed by atoms with van der Waals surface area (Å²) >= 11 is 5.95. The summed E-state index contributed by atoms with van der Waals surface area (Å²) in [5.74, 6) is 1.78. The van der Waals surface area contributed by atoms with E-state index in [2.05, 4.69) is 34.1 Å². The van der Waals surface area contributed by atoms with E-state index in [-0.39, 0.29) is 5.91 Å². The van der Waals surface area contributed by atoms with E-state index in [0.29, 0.717) is 13.1 Å². The van der Waals surface area contributed by atoms with E-state index in [0.717, 1.165) is 42.4 Å². The van der Waals surface area contributed by atoms with E-state index >= 15 is 0 Å². The highest BCUT2D eigenvalue weighted by atomic mass is 35.5. The third kappa shape index (κ3) is 4.15. The van der Waals surface area contributed by atoms with Crippen molar-refractivity contribution < 1.29 is 4.79 Å². The number of anilines is 1. The summed E-state index contributed by atoms with van der Waals surface area (Å²) in [6, 6.07) is 10.4. The molecule has 1 saturated heterocycles. The lowest BCUT2D eigenvalue weighted by Crippen LogP contribution is -2.51. The van der Waals surface area contributed by atoms with Crippen molar-refractivity contribution in [2.75, 3.05) is 31.1 Å². The first-order valence-corrected chi connectivity index (χ1v) is 9.45. The Morgan fingerprint density at radius 1 is 1.12 bits per heavy atom. The fourth-order valence-electron chi connectivity index (χ4n) is 3.38. The lowest BCUT2D eigenvalue weighted by molar-refractivity contribution is -0.130. The van der Waals surface area contributed by atoms with Gasteiger partial charge in [-0.1, -0.05) is 30.3 Å². The van der Waals surface area contributed by atoms with Crippen LogP contribution in [-0.2, 0) is 11.2 Å². The van der Waals surface area contributed by atoms with Gasteiger partial charge in [0.1, 0.15) is 17.0 Å². The van der Waals surface area contributed by atoms with Gasteiger partial charge in [-0.15, -0.1) is 11.6 Å². The van der Waals surface area contributed by atoms with Crippen molar-refractivity contribution in [2.24, 2.45) is 0 Å². The molecule has 2 aromatic rings. The van der Waals surface area contributed by atoms with Crippen LogP contribution >= 0.6 is 11.6 Å². The van der Waals surface area contributed by atoms with Crippen molar-refractivity contribution in [1.82, 2.24) is 14.9 Å². The minimum Gasteiger partial charge on any atom is -0.353 e. The van der Waals surface area contributed by atoms with Crippen molar-refractivity contribution in [3.05, 3.63) is 53.0 Å². The van der Waals surface area contributed by atoms with Gasteiger partial charge in [0, 0.05) is 43.9 Å². The molecule has 0 aliphatic carbocycles. The van der Waals surface area contributed by atoms with Crippen molar-refractivity contribution in [3.8, 4) is 0 Å². The second-order valence-corrected chi connectivity index (χ2v) is 7.40. The maximum absolute atomic E-state index is 12.1. The number of piperazine rings is 1. The molecule has 138 valence electrons. The second-order valence-electron chi connectivity index (χ2n) is 6.75. The summed E-state index contributed by atoms with van der Waals surface area (Å²) < 4.78 is 0. The van der Waals surface area contributed by atoms with Crippen molar-refractivity contribution in [2.45, 2.75) is 32.6 Å². The molecule has 0 N–H and O–H groups in total. The van der Waals surface area contributed by atoms with Crippen LogP contribution < -0.4 is 4.90 Å². The molecule has 1 aromatic heterocycles. The smallest absolute Gasteiger partial charge is 0.240 e. The second kappa shape index (κ2) is 8.04. The van der Waals surface area contributed by atoms with Crippen LogP contribution in [0.5, 0.6) is 0 Å². The van der Waals surface area contributed by atoms with E-state index in [1.165, 1.54) is 5.56 Å². The largest absolute Gasteiger partial charge is 0.353 e. The molecule has 6 heteroatoms. The van der Waals surface area contributed by atoms with Gasteiger partial charge >= 0.3 is 0 Å². The zero-order valence-corrected chi connectivity index (χ0v) is 16.3. The predicted molar refractivity (Wildman–Crippen MR) is 105 cm³/mol. The minimum absolute atomic E-state index is 0.00544. The number of aryl methyl sites for hydroxylation is 2. The summed E-state index contributed by atoms with van der Waals surface area (Å²) in [6.45, 7) is 8.56. The molecular weight excluding hydrogens is 348 g/mol. The number of halogens is 1. The van der Waals surface area contributed by atoms with Gasteiger partial charge < -0.3 is 9.80 Å². The van der Waals surface area contributed by atoms with E-state index in [4.69, 9.17) is 16.6 Å². The maximum atomic E-state index is 12.1. The van der Waals surface area contributed by atoms with Crippen LogP contribution in [0.15, 0.2) is 30.3 Å². The topological polar surface area (TPSA) is 49.3 Å². The highest BCUT2D eigenvalue weighted by Crippen LogP contribution is 2.25. The van der Waals surface area contributed by atoms with Crippen molar-refractivity contribution >= 4 is 23.3 Å². The third-order valence-corrected chi connectivity index (χ3v) is 4.95. The van der Waals surface area contributed by atoms with E-state index in [9.17, 15) is 4.79 Å². The van der Waals surface area contributed by atoms with E-state index in [1.807, 2.05) is 24.8 Å². The average Bonchev–Trinajstić information content (AvgIpc) is 2.64. The zero-order chi connectivity index (χ0) is 18.7. The molecule has 0 radical (unpaired) electrons. The SMILES string of the molecule is Cc1nc(C)c(Cc2ccccc2)c(N2CCN(C(=O)C(C)Cl)CC2)n1. The summed E-state index contributed by atoms with van der Waals surface area (Å²) in [6.07, 6.45) is 0.806.